The van der Waals surface area contributed by atoms with E-state index in [-0.39, 0.29) is 5.78 Å². The lowest BCUT2D eigenvalue weighted by atomic mass is 9.91. The Morgan fingerprint density at radius 2 is 1.94 bits per heavy atom. The van der Waals surface area contributed by atoms with Crippen LogP contribution in [0, 0.1) is 5.92 Å². The molecule has 0 spiro atoms. The summed E-state index contributed by atoms with van der Waals surface area (Å²) in [6, 6.07) is 11.7. The number of Topliss-reactive ketones (excluding diaryl/α,β-unsaturated/α-hetero) is 1. The predicted octanol–water partition coefficient (Wildman–Crippen LogP) is 4.43. The van der Waals surface area contributed by atoms with Crippen LogP contribution in [-0.2, 0) is 30.4 Å². The number of ketones is 1. The highest BCUT2D eigenvalue weighted by atomic mass is 16.5. The number of rotatable bonds is 7. The average Bonchev–Trinajstić information content (AvgIpc) is 3.18. The van der Waals surface area contributed by atoms with Crippen LogP contribution in [-0.4, -0.2) is 48.0 Å². The lowest BCUT2D eigenvalue weighted by Crippen LogP contribution is -2.41. The molecule has 2 aliphatic heterocycles. The van der Waals surface area contributed by atoms with E-state index in [4.69, 9.17) is 4.74 Å². The van der Waals surface area contributed by atoms with Crippen molar-refractivity contribution in [1.82, 2.24) is 9.88 Å². The van der Waals surface area contributed by atoms with Crippen LogP contribution < -0.4 is 0 Å². The van der Waals surface area contributed by atoms with Gasteiger partial charge in [-0.1, -0.05) is 24.6 Å². The van der Waals surface area contributed by atoms with E-state index >= 15 is 0 Å². The van der Waals surface area contributed by atoms with Crippen molar-refractivity contribution in [1.29, 1.82) is 0 Å². The van der Waals surface area contributed by atoms with Crippen LogP contribution in [0.2, 0.25) is 0 Å². The van der Waals surface area contributed by atoms with Crippen LogP contribution in [0.15, 0.2) is 36.5 Å². The standard InChI is InChI=1S/C27H34N2O2/c30-27(24-7-8-25(28-18-24)17-21-12-15-31-19-21)9-5-20-4-6-22-10-13-29(26-2-1-3-26)14-11-23(22)16-20/h4,6-8,16,18,21,26H,1-3,5,9-15,17,19H2/t21-/m0/s1. The first-order chi connectivity index (χ1) is 15.2. The van der Waals surface area contributed by atoms with Crippen LogP contribution in [0.3, 0.4) is 0 Å². The first-order valence-electron chi connectivity index (χ1n) is 12.2. The highest BCUT2D eigenvalue weighted by Crippen LogP contribution is 2.28. The molecule has 164 valence electrons. The summed E-state index contributed by atoms with van der Waals surface area (Å²) in [6.45, 7) is 4.09. The number of hydrogen-bond acceptors (Lipinski definition) is 4. The maximum absolute atomic E-state index is 12.7. The fourth-order valence-electron chi connectivity index (χ4n) is 5.22. The number of ether oxygens (including phenoxy) is 1. The molecule has 5 rings (SSSR count). The van der Waals surface area contributed by atoms with Gasteiger partial charge in [0.2, 0.25) is 0 Å². The molecule has 1 saturated heterocycles. The fraction of sp³-hybridized carbons (Fsp3) is 0.556. The van der Waals surface area contributed by atoms with E-state index in [2.05, 4.69) is 28.1 Å². The summed E-state index contributed by atoms with van der Waals surface area (Å²) in [4.78, 5) is 19.9. The molecule has 0 N–H and O–H groups in total. The molecule has 4 nitrogen and oxygen atoms in total. The Hall–Kier alpha value is -2.04. The van der Waals surface area contributed by atoms with Gasteiger partial charge in [0.15, 0.2) is 5.78 Å². The molecule has 0 bridgehead atoms. The number of carbonyl (C=O) groups excluding carboxylic acids is 1. The molecule has 0 unspecified atom stereocenters. The summed E-state index contributed by atoms with van der Waals surface area (Å²) >= 11 is 0. The predicted molar refractivity (Wildman–Crippen MR) is 123 cm³/mol. The quantitative estimate of drug-likeness (QED) is 0.624. The van der Waals surface area contributed by atoms with Crippen molar-refractivity contribution in [2.24, 2.45) is 5.92 Å². The normalized spacial score (nSPS) is 22.0. The van der Waals surface area contributed by atoms with Crippen molar-refractivity contribution in [2.75, 3.05) is 26.3 Å². The SMILES string of the molecule is O=C(CCc1ccc2c(c1)CCN(C1CCC1)CC2)c1ccc(C[C@@H]2CCOC2)nc1. The summed E-state index contributed by atoms with van der Waals surface area (Å²) in [5.41, 5.74) is 6.08. The van der Waals surface area contributed by atoms with Gasteiger partial charge >= 0.3 is 0 Å². The van der Waals surface area contributed by atoms with E-state index in [1.807, 2.05) is 12.1 Å². The Morgan fingerprint density at radius 1 is 1.06 bits per heavy atom. The maximum Gasteiger partial charge on any atom is 0.164 e. The minimum Gasteiger partial charge on any atom is -0.381 e. The molecule has 2 fully saturated rings. The Morgan fingerprint density at radius 3 is 2.65 bits per heavy atom. The van der Waals surface area contributed by atoms with E-state index in [1.54, 1.807) is 6.20 Å². The zero-order chi connectivity index (χ0) is 21.0. The Bertz CT molecular complexity index is 898. The number of fused-ring (bicyclic) bond motifs is 1. The number of carbonyl (C=O) groups is 1. The summed E-state index contributed by atoms with van der Waals surface area (Å²) in [6.07, 6.45) is 11.7. The van der Waals surface area contributed by atoms with E-state index in [9.17, 15) is 4.79 Å². The number of aryl methyl sites for hydroxylation is 1. The molecule has 0 amide bonds. The topological polar surface area (TPSA) is 42.4 Å². The molecule has 0 radical (unpaired) electrons. The summed E-state index contributed by atoms with van der Waals surface area (Å²) in [5, 5.41) is 0. The van der Waals surface area contributed by atoms with Gasteiger partial charge in [0.25, 0.3) is 0 Å². The van der Waals surface area contributed by atoms with Gasteiger partial charge in [-0.05, 0) is 79.7 Å². The Labute approximate surface area is 186 Å². The number of pyridine rings is 1. The van der Waals surface area contributed by atoms with Gasteiger partial charge < -0.3 is 4.74 Å². The molecule has 4 heteroatoms. The third-order valence-corrected chi connectivity index (χ3v) is 7.51. The maximum atomic E-state index is 12.7. The summed E-state index contributed by atoms with van der Waals surface area (Å²) < 4.78 is 5.45. The third kappa shape index (κ3) is 5.07. The van der Waals surface area contributed by atoms with Gasteiger partial charge in [-0.15, -0.1) is 0 Å². The molecule has 1 aliphatic carbocycles. The molecule has 2 aromatic rings. The molecular formula is C27H34N2O2. The average molecular weight is 419 g/mol. The van der Waals surface area contributed by atoms with Crippen molar-refractivity contribution < 1.29 is 9.53 Å². The summed E-state index contributed by atoms with van der Waals surface area (Å²) in [5.74, 6) is 0.761. The molecule has 1 atom stereocenters. The molecular weight excluding hydrogens is 384 g/mol. The lowest BCUT2D eigenvalue weighted by molar-refractivity contribution is 0.0982. The number of hydrogen-bond donors (Lipinski definition) is 0. The Kier molecular flexibility index (Phi) is 6.47. The van der Waals surface area contributed by atoms with Crippen LogP contribution in [0.1, 0.15) is 64.8 Å². The lowest BCUT2D eigenvalue weighted by Gasteiger charge is -2.36. The van der Waals surface area contributed by atoms with Gasteiger partial charge in [-0.3, -0.25) is 14.7 Å². The number of benzene rings is 1. The van der Waals surface area contributed by atoms with Gasteiger partial charge in [-0.25, -0.2) is 0 Å². The van der Waals surface area contributed by atoms with Gasteiger partial charge in [0.1, 0.15) is 0 Å². The zero-order valence-corrected chi connectivity index (χ0v) is 18.5. The minimum absolute atomic E-state index is 0.189. The Balaban J connectivity index is 1.15. The first kappa shape index (κ1) is 20.8. The number of nitrogens with zero attached hydrogens (tertiary/aromatic N) is 2. The minimum atomic E-state index is 0.189. The van der Waals surface area contributed by atoms with Crippen molar-refractivity contribution in [2.45, 2.75) is 63.8 Å². The first-order valence-corrected chi connectivity index (χ1v) is 12.2. The van der Waals surface area contributed by atoms with E-state index in [1.165, 1.54) is 49.0 Å². The highest BCUT2D eigenvalue weighted by Gasteiger charge is 2.26. The van der Waals surface area contributed by atoms with Gasteiger partial charge in [0, 0.05) is 56.2 Å². The van der Waals surface area contributed by atoms with Crippen molar-refractivity contribution in [3.63, 3.8) is 0 Å². The van der Waals surface area contributed by atoms with Crippen molar-refractivity contribution in [3.05, 3.63) is 64.5 Å². The van der Waals surface area contributed by atoms with Gasteiger partial charge in [-0.2, -0.15) is 0 Å². The van der Waals surface area contributed by atoms with Crippen LogP contribution in [0.5, 0.6) is 0 Å². The number of aromatic nitrogens is 1. The summed E-state index contributed by atoms with van der Waals surface area (Å²) in [7, 11) is 0. The molecule has 31 heavy (non-hydrogen) atoms. The van der Waals surface area contributed by atoms with Crippen LogP contribution in [0.25, 0.3) is 0 Å². The van der Waals surface area contributed by atoms with Crippen LogP contribution >= 0.6 is 0 Å². The van der Waals surface area contributed by atoms with E-state index in [0.717, 1.165) is 62.6 Å². The molecule has 1 aromatic carbocycles. The second-order valence-corrected chi connectivity index (χ2v) is 9.62. The zero-order valence-electron chi connectivity index (χ0n) is 18.5. The second-order valence-electron chi connectivity index (χ2n) is 9.62. The fourth-order valence-corrected chi connectivity index (χ4v) is 5.22. The second kappa shape index (κ2) is 9.62. The van der Waals surface area contributed by atoms with E-state index in [0.29, 0.717) is 12.3 Å². The van der Waals surface area contributed by atoms with Crippen molar-refractivity contribution in [3.8, 4) is 0 Å². The van der Waals surface area contributed by atoms with Crippen molar-refractivity contribution >= 4 is 5.78 Å². The molecule has 3 heterocycles. The molecule has 1 aromatic heterocycles. The van der Waals surface area contributed by atoms with E-state index < -0.39 is 0 Å². The smallest absolute Gasteiger partial charge is 0.164 e. The largest absolute Gasteiger partial charge is 0.381 e. The molecule has 3 aliphatic rings. The van der Waals surface area contributed by atoms with Crippen LogP contribution in [0.4, 0.5) is 0 Å². The highest BCUT2D eigenvalue weighted by molar-refractivity contribution is 5.95. The monoisotopic (exact) mass is 418 g/mol. The third-order valence-electron chi connectivity index (χ3n) is 7.51. The van der Waals surface area contributed by atoms with Gasteiger partial charge in [0.05, 0.1) is 0 Å². The molecule has 1 saturated carbocycles.